The van der Waals surface area contributed by atoms with Crippen molar-refractivity contribution < 1.29 is 4.74 Å². The highest BCUT2D eigenvalue weighted by Crippen LogP contribution is 2.55. The number of rotatable bonds is 1. The van der Waals surface area contributed by atoms with E-state index >= 15 is 0 Å². The molecule has 4 aromatic rings. The van der Waals surface area contributed by atoms with Crippen LogP contribution in [0.1, 0.15) is 28.2 Å². The molecule has 0 amide bonds. The zero-order valence-corrected chi connectivity index (χ0v) is 14.9. The van der Waals surface area contributed by atoms with Crippen molar-refractivity contribution in [3.8, 4) is 16.9 Å². The van der Waals surface area contributed by atoms with E-state index in [1.165, 1.54) is 44.2 Å². The van der Waals surface area contributed by atoms with Gasteiger partial charge in [-0.2, -0.15) is 0 Å². The first kappa shape index (κ1) is 14.8. The summed E-state index contributed by atoms with van der Waals surface area (Å²) in [5, 5.41) is 2.49. The molecule has 0 spiro atoms. The maximum atomic E-state index is 6.16. The fraction of sp³-hybridized carbons (Fsp3) is 0.0769. The van der Waals surface area contributed by atoms with Gasteiger partial charge in [-0.15, -0.1) is 0 Å². The van der Waals surface area contributed by atoms with E-state index in [9.17, 15) is 0 Å². The van der Waals surface area contributed by atoms with Crippen LogP contribution in [-0.4, -0.2) is 6.61 Å². The summed E-state index contributed by atoms with van der Waals surface area (Å²) in [7, 11) is 0. The van der Waals surface area contributed by atoms with Gasteiger partial charge in [0.1, 0.15) is 12.4 Å². The number of benzene rings is 4. The lowest BCUT2D eigenvalue weighted by Crippen LogP contribution is -2.07. The van der Waals surface area contributed by atoms with Crippen LogP contribution < -0.4 is 4.74 Å². The Kier molecular flexibility index (Phi) is 3.06. The van der Waals surface area contributed by atoms with Crippen LogP contribution in [0.2, 0.25) is 0 Å². The summed E-state index contributed by atoms with van der Waals surface area (Å²) in [5.41, 5.74) is 8.05. The normalized spacial score (nSPS) is 16.5. The molecule has 0 N–H and O–H groups in total. The Morgan fingerprint density at radius 1 is 0.741 bits per heavy atom. The number of hydrogen-bond acceptors (Lipinski definition) is 1. The number of fused-ring (bicyclic) bond motifs is 8. The predicted molar refractivity (Wildman–Crippen MR) is 111 cm³/mol. The highest BCUT2D eigenvalue weighted by atomic mass is 16.5. The predicted octanol–water partition coefficient (Wildman–Crippen LogP) is 6.41. The van der Waals surface area contributed by atoms with Gasteiger partial charge in [-0.3, -0.25) is 0 Å². The molecule has 1 aliphatic heterocycles. The first-order chi connectivity index (χ1) is 13.4. The summed E-state index contributed by atoms with van der Waals surface area (Å²) in [6, 6.07) is 28.3. The quantitative estimate of drug-likeness (QED) is 0.341. The van der Waals surface area contributed by atoms with Crippen molar-refractivity contribution in [3.05, 3.63) is 107 Å². The summed E-state index contributed by atoms with van der Waals surface area (Å²) in [4.78, 5) is 0. The lowest BCUT2D eigenvalue weighted by Gasteiger charge is -2.23. The topological polar surface area (TPSA) is 9.23 Å². The summed E-state index contributed by atoms with van der Waals surface area (Å²) >= 11 is 0. The molecule has 1 nitrogen and oxygen atoms in total. The molecule has 1 aliphatic carbocycles. The molecule has 1 heterocycles. The van der Waals surface area contributed by atoms with Crippen LogP contribution in [0, 0.1) is 0 Å². The lowest BCUT2D eigenvalue weighted by molar-refractivity contribution is 0.362. The smallest absolute Gasteiger partial charge is 0.135 e. The molecule has 1 heteroatoms. The van der Waals surface area contributed by atoms with Gasteiger partial charge in [-0.05, 0) is 39.3 Å². The molecule has 0 bridgehead atoms. The molecule has 2 aliphatic rings. The van der Waals surface area contributed by atoms with Crippen LogP contribution in [0.3, 0.4) is 0 Å². The molecule has 0 radical (unpaired) electrons. The van der Waals surface area contributed by atoms with E-state index in [4.69, 9.17) is 4.74 Å². The Morgan fingerprint density at radius 2 is 1.48 bits per heavy atom. The maximum absolute atomic E-state index is 6.16. The van der Waals surface area contributed by atoms with Crippen LogP contribution in [0.5, 0.6) is 5.75 Å². The third-order valence-electron chi connectivity index (χ3n) is 5.82. The molecular formula is C26H18O. The van der Waals surface area contributed by atoms with Crippen LogP contribution >= 0.6 is 0 Å². The Hall–Kier alpha value is -3.32. The van der Waals surface area contributed by atoms with E-state index in [1.54, 1.807) is 0 Å². The third kappa shape index (κ3) is 2.00. The second kappa shape index (κ2) is 5.59. The van der Waals surface area contributed by atoms with Gasteiger partial charge in [-0.25, -0.2) is 0 Å². The zero-order valence-electron chi connectivity index (χ0n) is 14.9. The average molecular weight is 346 g/mol. The second-order valence-electron chi connectivity index (χ2n) is 7.22. The first-order valence-corrected chi connectivity index (χ1v) is 9.45. The summed E-state index contributed by atoms with van der Waals surface area (Å²) in [5.74, 6) is 1.27. The highest BCUT2D eigenvalue weighted by Gasteiger charge is 2.35. The average Bonchev–Trinajstić information content (AvgIpc) is 3.10. The van der Waals surface area contributed by atoms with Crippen molar-refractivity contribution in [1.82, 2.24) is 0 Å². The third-order valence-corrected chi connectivity index (χ3v) is 5.82. The zero-order chi connectivity index (χ0) is 17.8. The fourth-order valence-corrected chi connectivity index (χ4v) is 4.78. The minimum atomic E-state index is 0.238. The molecule has 27 heavy (non-hydrogen) atoms. The van der Waals surface area contributed by atoms with Crippen LogP contribution in [-0.2, 0) is 0 Å². The molecule has 0 saturated heterocycles. The van der Waals surface area contributed by atoms with Gasteiger partial charge in [-0.1, -0.05) is 84.9 Å². The lowest BCUT2D eigenvalue weighted by atomic mass is 9.84. The minimum absolute atomic E-state index is 0.238. The molecule has 4 aromatic carbocycles. The van der Waals surface area contributed by atoms with Crippen molar-refractivity contribution in [2.75, 3.05) is 6.61 Å². The van der Waals surface area contributed by atoms with E-state index in [1.807, 2.05) is 0 Å². The second-order valence-corrected chi connectivity index (χ2v) is 7.22. The first-order valence-electron chi connectivity index (χ1n) is 9.45. The Balaban J connectivity index is 1.81. The van der Waals surface area contributed by atoms with Gasteiger partial charge in [0.05, 0.1) is 0 Å². The molecule has 6 rings (SSSR count). The standard InChI is InChI=1S/C26H18O/c1-2-9-17(10-3-1)23-18-11-4-5-12-19(18)24-20-13-6-7-14-21(20)26-22(25(23)24)15-8-16-27-26/h1-15,23H,16H2. The maximum Gasteiger partial charge on any atom is 0.135 e. The van der Waals surface area contributed by atoms with Crippen molar-refractivity contribution in [3.63, 3.8) is 0 Å². The van der Waals surface area contributed by atoms with Crippen molar-refractivity contribution in [2.24, 2.45) is 0 Å². The van der Waals surface area contributed by atoms with E-state index in [0.717, 1.165) is 5.75 Å². The molecule has 128 valence electrons. The monoisotopic (exact) mass is 346 g/mol. The van der Waals surface area contributed by atoms with Gasteiger partial charge >= 0.3 is 0 Å². The number of hydrogen-bond donors (Lipinski definition) is 0. The summed E-state index contributed by atoms with van der Waals surface area (Å²) in [6.45, 7) is 0.638. The van der Waals surface area contributed by atoms with Gasteiger partial charge in [0.25, 0.3) is 0 Å². The molecular weight excluding hydrogens is 328 g/mol. The van der Waals surface area contributed by atoms with Crippen molar-refractivity contribution in [1.29, 1.82) is 0 Å². The molecule has 0 saturated carbocycles. The van der Waals surface area contributed by atoms with Gasteiger partial charge in [0, 0.05) is 16.9 Å². The Labute approximate surface area is 158 Å². The van der Waals surface area contributed by atoms with E-state index in [0.29, 0.717) is 6.61 Å². The van der Waals surface area contributed by atoms with E-state index in [-0.39, 0.29) is 5.92 Å². The van der Waals surface area contributed by atoms with Gasteiger partial charge in [0.15, 0.2) is 0 Å². The SMILES string of the molecule is C1=Cc2c3c(c4ccccc4c2OC1)-c1ccccc1C3c1ccccc1. The largest absolute Gasteiger partial charge is 0.488 e. The Morgan fingerprint density at radius 3 is 2.37 bits per heavy atom. The van der Waals surface area contributed by atoms with Gasteiger partial charge in [0.2, 0.25) is 0 Å². The van der Waals surface area contributed by atoms with E-state index < -0.39 is 0 Å². The highest BCUT2D eigenvalue weighted by molar-refractivity contribution is 6.08. The number of ether oxygens (including phenoxy) is 1. The summed E-state index contributed by atoms with van der Waals surface area (Å²) < 4.78 is 6.16. The molecule has 1 atom stereocenters. The molecule has 0 aromatic heterocycles. The van der Waals surface area contributed by atoms with Gasteiger partial charge < -0.3 is 4.74 Å². The van der Waals surface area contributed by atoms with E-state index in [2.05, 4.69) is 91.0 Å². The fourth-order valence-electron chi connectivity index (χ4n) is 4.78. The summed E-state index contributed by atoms with van der Waals surface area (Å²) in [6.07, 6.45) is 4.38. The minimum Gasteiger partial charge on any atom is -0.488 e. The van der Waals surface area contributed by atoms with Crippen molar-refractivity contribution >= 4 is 16.8 Å². The van der Waals surface area contributed by atoms with Crippen LogP contribution in [0.4, 0.5) is 0 Å². The van der Waals surface area contributed by atoms with Crippen molar-refractivity contribution in [2.45, 2.75) is 5.92 Å². The van der Waals surface area contributed by atoms with Crippen LogP contribution in [0.15, 0.2) is 84.9 Å². The molecule has 1 unspecified atom stereocenters. The van der Waals surface area contributed by atoms with Crippen LogP contribution in [0.25, 0.3) is 28.0 Å². The Bertz CT molecular complexity index is 1220. The molecule has 0 fully saturated rings.